The van der Waals surface area contributed by atoms with Crippen LogP contribution in [0.1, 0.15) is 27.3 Å². The predicted molar refractivity (Wildman–Crippen MR) is 80.1 cm³/mol. The molecule has 110 valence electrons. The molecule has 0 N–H and O–H groups in total. The Bertz CT molecular complexity index is 669. The molecule has 2 rings (SSSR count). The fourth-order valence-electron chi connectivity index (χ4n) is 2.61. The number of carbonyl (C=O) groups excluding carboxylic acids is 1. The lowest BCUT2D eigenvalue weighted by Gasteiger charge is -2.09. The van der Waals surface area contributed by atoms with Crippen molar-refractivity contribution in [2.45, 2.75) is 20.8 Å². The van der Waals surface area contributed by atoms with E-state index in [0.29, 0.717) is 11.3 Å². The molecule has 21 heavy (non-hydrogen) atoms. The Kier molecular flexibility index (Phi) is 4.26. The van der Waals surface area contributed by atoms with Gasteiger partial charge < -0.3 is 9.47 Å². The number of ether oxygens (including phenoxy) is 2. The van der Waals surface area contributed by atoms with E-state index < -0.39 is 5.97 Å². The van der Waals surface area contributed by atoms with E-state index in [9.17, 15) is 4.79 Å². The summed E-state index contributed by atoms with van der Waals surface area (Å²) >= 11 is 0. The fourth-order valence-corrected chi connectivity index (χ4v) is 2.61. The third-order valence-electron chi connectivity index (χ3n) is 3.43. The Balaban J connectivity index is 2.59. The molecule has 1 aromatic carbocycles. The summed E-state index contributed by atoms with van der Waals surface area (Å²) in [4.78, 5) is 11.7. The third-order valence-corrected chi connectivity index (χ3v) is 3.43. The van der Waals surface area contributed by atoms with Crippen LogP contribution in [0.15, 0.2) is 30.3 Å². The Morgan fingerprint density at radius 3 is 2.14 bits per heavy atom. The lowest BCUT2D eigenvalue weighted by atomic mass is 10.1. The number of carbonyl (C=O) groups is 1. The first-order valence-corrected chi connectivity index (χ1v) is 6.74. The fraction of sp³-hybridized carbons (Fsp3) is 0.294. The van der Waals surface area contributed by atoms with Crippen molar-refractivity contribution in [2.75, 3.05) is 14.2 Å². The zero-order valence-electron chi connectivity index (χ0n) is 13.1. The number of aromatic nitrogens is 1. The molecule has 4 nitrogen and oxygen atoms in total. The number of pyridine rings is 1. The molecule has 0 fully saturated rings. The van der Waals surface area contributed by atoms with Crippen molar-refractivity contribution in [3.63, 3.8) is 0 Å². The molecule has 0 bridgehead atoms. The van der Waals surface area contributed by atoms with E-state index in [1.807, 2.05) is 12.1 Å². The van der Waals surface area contributed by atoms with Gasteiger partial charge in [-0.2, -0.15) is 4.57 Å². The molecule has 1 aromatic heterocycles. The molecule has 0 unspecified atom stereocenters. The molecule has 0 amide bonds. The van der Waals surface area contributed by atoms with E-state index in [-0.39, 0.29) is 0 Å². The highest BCUT2D eigenvalue weighted by atomic mass is 16.5. The Labute approximate surface area is 124 Å². The number of hydrogen-bond donors (Lipinski definition) is 0. The lowest BCUT2D eigenvalue weighted by Crippen LogP contribution is -2.37. The third kappa shape index (κ3) is 2.89. The molecule has 0 saturated carbocycles. The van der Waals surface area contributed by atoms with Gasteiger partial charge in [0.25, 0.3) is 0 Å². The maximum Gasteiger partial charge on any atom is 0.341 e. The molecule has 4 heteroatoms. The van der Waals surface area contributed by atoms with Crippen molar-refractivity contribution in [1.29, 1.82) is 0 Å². The first-order chi connectivity index (χ1) is 9.97. The van der Waals surface area contributed by atoms with Gasteiger partial charge in [-0.05, 0) is 18.6 Å². The number of hydrogen-bond acceptors (Lipinski definition) is 3. The van der Waals surface area contributed by atoms with Crippen LogP contribution in [0, 0.1) is 20.8 Å². The van der Waals surface area contributed by atoms with Crippen LogP contribution < -0.4 is 9.30 Å². The van der Waals surface area contributed by atoms with Gasteiger partial charge >= 0.3 is 5.97 Å². The highest BCUT2D eigenvalue weighted by Crippen LogP contribution is 2.22. The molecular formula is C17H20NO3+. The van der Waals surface area contributed by atoms with E-state index in [2.05, 4.69) is 37.5 Å². The zero-order chi connectivity index (χ0) is 15.6. The van der Waals surface area contributed by atoms with E-state index in [1.54, 1.807) is 13.2 Å². The van der Waals surface area contributed by atoms with Crippen molar-refractivity contribution < 1.29 is 18.8 Å². The van der Waals surface area contributed by atoms with Crippen LogP contribution in [-0.4, -0.2) is 20.2 Å². The number of methoxy groups -OCH3 is 2. The van der Waals surface area contributed by atoms with Crippen LogP contribution >= 0.6 is 0 Å². The molecule has 0 aliphatic heterocycles. The summed E-state index contributed by atoms with van der Waals surface area (Å²) in [6.45, 7) is 6.19. The average Bonchev–Trinajstić information content (AvgIpc) is 2.45. The minimum absolute atomic E-state index is 0.402. The Morgan fingerprint density at radius 1 is 1.00 bits per heavy atom. The molecule has 0 radical (unpaired) electrons. The maximum absolute atomic E-state index is 11.7. The Hall–Kier alpha value is -2.36. The number of esters is 1. The van der Waals surface area contributed by atoms with Crippen LogP contribution in [0.5, 0.6) is 5.75 Å². The average molecular weight is 286 g/mol. The van der Waals surface area contributed by atoms with Gasteiger partial charge in [-0.15, -0.1) is 0 Å². The molecular weight excluding hydrogens is 266 g/mol. The Morgan fingerprint density at radius 2 is 1.62 bits per heavy atom. The van der Waals surface area contributed by atoms with Crippen LogP contribution in [-0.2, 0) is 4.74 Å². The summed E-state index contributed by atoms with van der Waals surface area (Å²) in [5.41, 5.74) is 4.85. The molecule has 0 aliphatic carbocycles. The summed E-state index contributed by atoms with van der Waals surface area (Å²) in [7, 11) is 2.91. The first kappa shape index (κ1) is 15.0. The van der Waals surface area contributed by atoms with Crippen LogP contribution in [0.4, 0.5) is 0 Å². The summed E-state index contributed by atoms with van der Waals surface area (Å²) in [6.07, 6.45) is 0. The normalized spacial score (nSPS) is 10.3. The highest BCUT2D eigenvalue weighted by molar-refractivity contribution is 5.92. The second kappa shape index (κ2) is 5.95. The number of rotatable bonds is 3. The standard InChI is InChI=1S/C17H20NO3/c1-11-8-12(2)18(13(3)9-11)14-6-7-15(17(19)21-5)16(10-14)20-4/h6-10H,1-5H3/q+1. The van der Waals surface area contributed by atoms with Gasteiger partial charge in [0.1, 0.15) is 11.3 Å². The van der Waals surface area contributed by atoms with Crippen molar-refractivity contribution in [1.82, 2.24) is 0 Å². The first-order valence-electron chi connectivity index (χ1n) is 6.74. The number of nitrogens with zero attached hydrogens (tertiary/aromatic N) is 1. The lowest BCUT2D eigenvalue weighted by molar-refractivity contribution is -0.609. The minimum Gasteiger partial charge on any atom is -0.496 e. The molecule has 2 aromatic rings. The second-order valence-electron chi connectivity index (χ2n) is 5.03. The summed E-state index contributed by atoms with van der Waals surface area (Å²) < 4.78 is 12.2. The molecule has 0 spiro atoms. The smallest absolute Gasteiger partial charge is 0.341 e. The molecule has 0 saturated heterocycles. The largest absolute Gasteiger partial charge is 0.496 e. The SMILES string of the molecule is COC(=O)c1ccc(-[n+]2c(C)cc(C)cc2C)cc1OC. The van der Waals surface area contributed by atoms with Gasteiger partial charge in [-0.25, -0.2) is 4.79 Å². The van der Waals surface area contributed by atoms with E-state index in [0.717, 1.165) is 17.1 Å². The van der Waals surface area contributed by atoms with Gasteiger partial charge in [0.05, 0.1) is 20.3 Å². The van der Waals surface area contributed by atoms with Crippen molar-refractivity contribution in [2.24, 2.45) is 0 Å². The number of aryl methyl sites for hydroxylation is 3. The summed E-state index contributed by atoms with van der Waals surface area (Å²) in [5.74, 6) is 0.104. The zero-order valence-corrected chi connectivity index (χ0v) is 13.1. The van der Waals surface area contributed by atoms with Crippen molar-refractivity contribution in [3.8, 4) is 11.4 Å². The van der Waals surface area contributed by atoms with Crippen molar-refractivity contribution in [3.05, 3.63) is 52.8 Å². The van der Waals surface area contributed by atoms with Crippen LogP contribution in [0.3, 0.4) is 0 Å². The van der Waals surface area contributed by atoms with Gasteiger partial charge in [0.15, 0.2) is 11.4 Å². The summed E-state index contributed by atoms with van der Waals surface area (Å²) in [6, 6.07) is 9.71. The molecule has 0 atom stereocenters. The quantitative estimate of drug-likeness (QED) is 0.643. The van der Waals surface area contributed by atoms with Gasteiger partial charge in [0, 0.05) is 32.0 Å². The monoisotopic (exact) mass is 286 g/mol. The van der Waals surface area contributed by atoms with Gasteiger partial charge in [-0.1, -0.05) is 0 Å². The van der Waals surface area contributed by atoms with Crippen LogP contribution in [0.2, 0.25) is 0 Å². The van der Waals surface area contributed by atoms with E-state index in [4.69, 9.17) is 9.47 Å². The topological polar surface area (TPSA) is 39.4 Å². The van der Waals surface area contributed by atoms with E-state index >= 15 is 0 Å². The molecule has 1 heterocycles. The molecule has 0 aliphatic rings. The summed E-state index contributed by atoms with van der Waals surface area (Å²) in [5, 5.41) is 0. The van der Waals surface area contributed by atoms with Gasteiger partial charge in [-0.3, -0.25) is 0 Å². The van der Waals surface area contributed by atoms with E-state index in [1.165, 1.54) is 12.7 Å². The second-order valence-corrected chi connectivity index (χ2v) is 5.03. The van der Waals surface area contributed by atoms with Crippen LogP contribution in [0.25, 0.3) is 5.69 Å². The van der Waals surface area contributed by atoms with Gasteiger partial charge in [0.2, 0.25) is 5.69 Å². The predicted octanol–water partition coefficient (Wildman–Crippen LogP) is 2.68. The minimum atomic E-state index is -0.402. The maximum atomic E-state index is 11.7. The highest BCUT2D eigenvalue weighted by Gasteiger charge is 2.20. The van der Waals surface area contributed by atoms with Crippen molar-refractivity contribution >= 4 is 5.97 Å². The number of benzene rings is 1.